The lowest BCUT2D eigenvalue weighted by molar-refractivity contribution is 0.590. The normalized spacial score (nSPS) is 10.4. The molecule has 1 N–H and O–H groups in total. The number of nitrogens with zero attached hydrogens (tertiary/aromatic N) is 2. The number of fused-ring (bicyclic) bond motifs is 1. The van der Waals surface area contributed by atoms with Crippen LogP contribution in [0.15, 0.2) is 21.8 Å². The maximum Gasteiger partial charge on any atom is 0.268 e. The van der Waals surface area contributed by atoms with Gasteiger partial charge in [-0.25, -0.2) is 4.98 Å². The molecule has 0 atom stereocenters. The fourth-order valence-corrected chi connectivity index (χ4v) is 0.684. The summed E-state index contributed by atoms with van der Waals surface area (Å²) in [4.78, 5) is 20.4. The molecular formula is C5H3N3O2. The van der Waals surface area contributed by atoms with Crippen molar-refractivity contribution in [1.29, 1.82) is 0 Å². The van der Waals surface area contributed by atoms with Crippen molar-refractivity contribution in [2.75, 3.05) is 0 Å². The fourth-order valence-electron chi connectivity index (χ4n) is 0.684. The monoisotopic (exact) mass is 137 g/mol. The van der Waals surface area contributed by atoms with Crippen LogP contribution in [0.2, 0.25) is 0 Å². The summed E-state index contributed by atoms with van der Waals surface area (Å²) in [6, 6.07) is 0. The Morgan fingerprint density at radius 2 is 2.40 bits per heavy atom. The van der Waals surface area contributed by atoms with E-state index in [0.29, 0.717) is 11.4 Å². The highest BCUT2D eigenvalue weighted by Crippen LogP contribution is 1.99. The molecule has 2 heterocycles. The van der Waals surface area contributed by atoms with E-state index in [1.165, 1.54) is 6.39 Å². The van der Waals surface area contributed by atoms with Crippen molar-refractivity contribution in [2.45, 2.75) is 0 Å². The Labute approximate surface area is 54.7 Å². The highest BCUT2D eigenvalue weighted by Gasteiger charge is 1.97. The van der Waals surface area contributed by atoms with Gasteiger partial charge in [0.05, 0.1) is 6.20 Å². The van der Waals surface area contributed by atoms with Gasteiger partial charge in [0.1, 0.15) is 0 Å². The first-order chi connectivity index (χ1) is 4.86. The van der Waals surface area contributed by atoms with Gasteiger partial charge in [0.2, 0.25) is 0 Å². The molecule has 50 valence electrons. The molecule has 0 radical (unpaired) electrons. The lowest BCUT2D eigenvalue weighted by Crippen LogP contribution is -2.03. The Hall–Kier alpha value is -1.65. The minimum absolute atomic E-state index is 0.276. The lowest BCUT2D eigenvalue weighted by atomic mass is 10.7. The third-order valence-electron chi connectivity index (χ3n) is 1.09. The Kier molecular flexibility index (Phi) is 0.858. The number of oxazole rings is 1. The zero-order chi connectivity index (χ0) is 6.97. The first kappa shape index (κ1) is 5.16. The molecule has 0 fully saturated rings. The molecule has 2 rings (SSSR count). The summed E-state index contributed by atoms with van der Waals surface area (Å²) >= 11 is 0. The van der Waals surface area contributed by atoms with Crippen molar-refractivity contribution >= 4 is 11.4 Å². The van der Waals surface area contributed by atoms with E-state index in [1.807, 2.05) is 0 Å². The van der Waals surface area contributed by atoms with Crippen LogP contribution in [-0.2, 0) is 0 Å². The second kappa shape index (κ2) is 1.66. The molecule has 0 aliphatic heterocycles. The van der Waals surface area contributed by atoms with Gasteiger partial charge >= 0.3 is 0 Å². The van der Waals surface area contributed by atoms with E-state index in [0.717, 1.165) is 6.20 Å². The maximum atomic E-state index is 10.6. The number of rotatable bonds is 0. The Morgan fingerprint density at radius 1 is 1.50 bits per heavy atom. The van der Waals surface area contributed by atoms with Crippen molar-refractivity contribution in [3.05, 3.63) is 22.9 Å². The van der Waals surface area contributed by atoms with E-state index < -0.39 is 0 Å². The molecule has 0 amide bonds. The lowest BCUT2D eigenvalue weighted by Gasteiger charge is -1.80. The zero-order valence-corrected chi connectivity index (χ0v) is 4.87. The van der Waals surface area contributed by atoms with Gasteiger partial charge in [0, 0.05) is 0 Å². The van der Waals surface area contributed by atoms with E-state index in [9.17, 15) is 4.79 Å². The summed E-state index contributed by atoms with van der Waals surface area (Å²) in [5, 5.41) is 0. The summed E-state index contributed by atoms with van der Waals surface area (Å²) < 4.78 is 4.78. The Morgan fingerprint density at radius 3 is 3.30 bits per heavy atom. The molecule has 0 spiro atoms. The van der Waals surface area contributed by atoms with E-state index >= 15 is 0 Å². The van der Waals surface area contributed by atoms with Gasteiger partial charge in [-0.1, -0.05) is 0 Å². The van der Waals surface area contributed by atoms with Gasteiger partial charge in [-0.15, -0.1) is 0 Å². The quantitative estimate of drug-likeness (QED) is 0.550. The van der Waals surface area contributed by atoms with E-state index in [2.05, 4.69) is 15.0 Å². The van der Waals surface area contributed by atoms with Crippen molar-refractivity contribution in [3.8, 4) is 0 Å². The highest BCUT2D eigenvalue weighted by atomic mass is 16.3. The zero-order valence-electron chi connectivity index (χ0n) is 4.87. The second-order valence-corrected chi connectivity index (χ2v) is 1.75. The molecule has 0 unspecified atom stereocenters. The number of hydrogen-bond acceptors (Lipinski definition) is 4. The number of nitrogens with one attached hydrogen (secondary N) is 1. The van der Waals surface area contributed by atoms with Crippen LogP contribution in [0, 0.1) is 0 Å². The molecule has 0 aliphatic carbocycles. The molecule has 2 aromatic heterocycles. The predicted molar refractivity (Wildman–Crippen MR) is 32.4 cm³/mol. The van der Waals surface area contributed by atoms with Crippen LogP contribution in [0.1, 0.15) is 0 Å². The highest BCUT2D eigenvalue weighted by molar-refractivity contribution is 5.60. The van der Waals surface area contributed by atoms with Gasteiger partial charge in [-0.3, -0.25) is 4.79 Å². The van der Waals surface area contributed by atoms with Crippen molar-refractivity contribution in [3.63, 3.8) is 0 Å². The Balaban J connectivity index is 2.99. The number of aromatic amines is 1. The molecule has 0 saturated heterocycles. The van der Waals surface area contributed by atoms with Crippen LogP contribution in [0.25, 0.3) is 11.4 Å². The number of aromatic nitrogens is 3. The van der Waals surface area contributed by atoms with Crippen LogP contribution in [-0.4, -0.2) is 15.0 Å². The molecule has 5 nitrogen and oxygen atoms in total. The second-order valence-electron chi connectivity index (χ2n) is 1.75. The molecular weight excluding hydrogens is 134 g/mol. The first-order valence-electron chi connectivity index (χ1n) is 2.65. The summed E-state index contributed by atoms with van der Waals surface area (Å²) in [6.07, 6.45) is 2.38. The molecule has 10 heavy (non-hydrogen) atoms. The van der Waals surface area contributed by atoms with E-state index in [1.54, 1.807) is 0 Å². The van der Waals surface area contributed by atoms with Crippen molar-refractivity contribution < 1.29 is 4.42 Å². The van der Waals surface area contributed by atoms with Gasteiger partial charge in [0.25, 0.3) is 11.3 Å². The third-order valence-corrected chi connectivity index (χ3v) is 1.09. The fraction of sp³-hybridized carbons (Fsp3) is 0. The molecule has 5 heteroatoms. The third kappa shape index (κ3) is 0.604. The number of hydrogen-bond donors (Lipinski definition) is 1. The Bertz CT molecular complexity index is 402. The van der Waals surface area contributed by atoms with Crippen LogP contribution in [0.3, 0.4) is 0 Å². The average Bonchev–Trinajstić information content (AvgIpc) is 2.33. The van der Waals surface area contributed by atoms with Crippen LogP contribution >= 0.6 is 0 Å². The van der Waals surface area contributed by atoms with E-state index in [4.69, 9.17) is 4.42 Å². The molecule has 0 bridgehead atoms. The summed E-state index contributed by atoms with van der Waals surface area (Å²) in [5.41, 5.74) is 0.452. The standard InChI is InChI=1S/C5H3N3O2/c9-3-1-6-5-4(8-3)7-2-10-5/h1-2H,(H,8,9). The SMILES string of the molecule is O=c1cnc2ocnc2[nH]1. The maximum absolute atomic E-state index is 10.6. The first-order valence-corrected chi connectivity index (χ1v) is 2.65. The topological polar surface area (TPSA) is 71.8 Å². The van der Waals surface area contributed by atoms with Gasteiger partial charge in [-0.05, 0) is 0 Å². The largest absolute Gasteiger partial charge is 0.424 e. The molecule has 0 aromatic carbocycles. The minimum atomic E-state index is -0.276. The smallest absolute Gasteiger partial charge is 0.268 e. The number of H-pyrrole nitrogens is 1. The summed E-state index contributed by atoms with van der Waals surface area (Å²) in [7, 11) is 0. The van der Waals surface area contributed by atoms with Gasteiger partial charge in [0.15, 0.2) is 12.0 Å². The molecule has 0 aliphatic rings. The summed E-state index contributed by atoms with van der Waals surface area (Å²) in [5.74, 6) is 0. The van der Waals surface area contributed by atoms with Crippen LogP contribution in [0.4, 0.5) is 0 Å². The summed E-state index contributed by atoms with van der Waals surface area (Å²) in [6.45, 7) is 0. The van der Waals surface area contributed by atoms with Gasteiger partial charge < -0.3 is 9.40 Å². The minimum Gasteiger partial charge on any atom is -0.424 e. The molecule has 2 aromatic rings. The average molecular weight is 137 g/mol. The van der Waals surface area contributed by atoms with Crippen LogP contribution < -0.4 is 5.56 Å². The molecule has 0 saturated carbocycles. The van der Waals surface area contributed by atoms with E-state index in [-0.39, 0.29) is 5.56 Å². The van der Waals surface area contributed by atoms with Gasteiger partial charge in [-0.2, -0.15) is 4.98 Å². The van der Waals surface area contributed by atoms with Crippen LogP contribution in [0.5, 0.6) is 0 Å². The predicted octanol–water partition coefficient (Wildman–Crippen LogP) is -0.0889. The van der Waals surface area contributed by atoms with Crippen molar-refractivity contribution in [1.82, 2.24) is 15.0 Å². The van der Waals surface area contributed by atoms with Crippen molar-refractivity contribution in [2.24, 2.45) is 0 Å².